The van der Waals surface area contributed by atoms with Gasteiger partial charge in [-0.1, -0.05) is 66.7 Å². The highest BCUT2D eigenvalue weighted by Crippen LogP contribution is 2.24. The summed E-state index contributed by atoms with van der Waals surface area (Å²) < 4.78 is 12.7. The summed E-state index contributed by atoms with van der Waals surface area (Å²) >= 11 is 0. The lowest BCUT2D eigenvalue weighted by Gasteiger charge is -2.16. The number of nitrogens with one attached hydrogen (secondary N) is 1. The Hall–Kier alpha value is -2.19. The lowest BCUT2D eigenvalue weighted by Crippen LogP contribution is -2.20. The Morgan fingerprint density at radius 3 is 2.54 bits per heavy atom. The van der Waals surface area contributed by atoms with Gasteiger partial charge in [0.25, 0.3) is 0 Å². The molecule has 1 unspecified atom stereocenters. The lowest BCUT2D eigenvalue weighted by molar-refractivity contribution is 0.485. The van der Waals surface area contributed by atoms with Gasteiger partial charge < -0.3 is 5.32 Å². The fraction of sp³-hybridized carbons (Fsp3) is 0.273. The van der Waals surface area contributed by atoms with Gasteiger partial charge in [0.2, 0.25) is 0 Å². The van der Waals surface area contributed by atoms with Gasteiger partial charge in [0, 0.05) is 6.04 Å². The summed E-state index contributed by atoms with van der Waals surface area (Å²) in [4.78, 5) is 0. The maximum atomic E-state index is 12.7. The Balaban J connectivity index is 1.56. The van der Waals surface area contributed by atoms with Crippen molar-refractivity contribution in [1.29, 1.82) is 0 Å². The molecule has 0 radical (unpaired) electrons. The van der Waals surface area contributed by atoms with Crippen LogP contribution in [0.25, 0.3) is 10.8 Å². The van der Waals surface area contributed by atoms with Gasteiger partial charge in [-0.2, -0.15) is 0 Å². The molecule has 124 valence electrons. The molecule has 1 atom stereocenters. The highest BCUT2D eigenvalue weighted by molar-refractivity contribution is 5.86. The van der Waals surface area contributed by atoms with E-state index in [1.54, 1.807) is 0 Å². The molecule has 0 bridgehead atoms. The second-order valence-corrected chi connectivity index (χ2v) is 6.30. The van der Waals surface area contributed by atoms with Crippen LogP contribution in [0.4, 0.5) is 4.39 Å². The molecule has 1 nitrogen and oxygen atoms in total. The molecule has 0 amide bonds. The SMILES string of the molecule is CC(NCCCc1cccc(CF)c1)c1cccc2ccccc12. The van der Waals surface area contributed by atoms with Crippen molar-refractivity contribution in [2.75, 3.05) is 6.54 Å². The zero-order valence-electron chi connectivity index (χ0n) is 14.1. The predicted octanol–water partition coefficient (Wildman–Crippen LogP) is 5.59. The molecule has 0 aromatic heterocycles. The summed E-state index contributed by atoms with van der Waals surface area (Å²) in [6, 6.07) is 23.1. The summed E-state index contributed by atoms with van der Waals surface area (Å²) in [5.41, 5.74) is 3.32. The van der Waals surface area contributed by atoms with Crippen LogP contribution >= 0.6 is 0 Å². The van der Waals surface area contributed by atoms with Gasteiger partial charge in [-0.3, -0.25) is 0 Å². The average molecular weight is 321 g/mol. The summed E-state index contributed by atoms with van der Waals surface area (Å²) in [6.07, 6.45) is 2.02. The normalized spacial score (nSPS) is 12.4. The van der Waals surface area contributed by atoms with Crippen molar-refractivity contribution in [3.05, 3.63) is 83.4 Å². The Morgan fingerprint density at radius 1 is 0.917 bits per heavy atom. The van der Waals surface area contributed by atoms with Crippen LogP contribution in [0.5, 0.6) is 0 Å². The first-order chi connectivity index (χ1) is 11.8. The van der Waals surface area contributed by atoms with E-state index in [1.165, 1.54) is 21.9 Å². The molecule has 3 aromatic rings. The number of fused-ring (bicyclic) bond motifs is 1. The van der Waals surface area contributed by atoms with E-state index in [2.05, 4.69) is 60.8 Å². The van der Waals surface area contributed by atoms with E-state index in [-0.39, 0.29) is 6.67 Å². The van der Waals surface area contributed by atoms with Crippen LogP contribution < -0.4 is 5.32 Å². The molecule has 0 aliphatic carbocycles. The highest BCUT2D eigenvalue weighted by Gasteiger charge is 2.08. The Bertz CT molecular complexity index is 791. The largest absolute Gasteiger partial charge is 0.310 e. The molecule has 0 aliphatic heterocycles. The zero-order valence-corrected chi connectivity index (χ0v) is 14.1. The van der Waals surface area contributed by atoms with Gasteiger partial charge in [-0.05, 0) is 53.8 Å². The molecule has 0 heterocycles. The Kier molecular flexibility index (Phi) is 5.60. The first-order valence-electron chi connectivity index (χ1n) is 8.63. The minimum atomic E-state index is -0.385. The summed E-state index contributed by atoms with van der Waals surface area (Å²) in [7, 11) is 0. The quantitative estimate of drug-likeness (QED) is 0.559. The Morgan fingerprint density at radius 2 is 1.67 bits per heavy atom. The molecule has 2 heteroatoms. The van der Waals surface area contributed by atoms with Crippen molar-refractivity contribution in [2.45, 2.75) is 32.5 Å². The molecular formula is C22H24FN. The second-order valence-electron chi connectivity index (χ2n) is 6.30. The lowest BCUT2D eigenvalue weighted by atomic mass is 9.99. The van der Waals surface area contributed by atoms with Crippen molar-refractivity contribution in [3.63, 3.8) is 0 Å². The number of hydrogen-bond acceptors (Lipinski definition) is 1. The number of halogens is 1. The van der Waals surface area contributed by atoms with Crippen LogP contribution in [-0.4, -0.2) is 6.54 Å². The number of alkyl halides is 1. The standard InChI is InChI=1S/C22H24FN/c1-17(21-13-5-11-20-10-2-3-12-22(20)21)24-14-6-9-18-7-4-8-19(15-18)16-23/h2-5,7-8,10-13,15,17,24H,6,9,14,16H2,1H3. The number of hydrogen-bond donors (Lipinski definition) is 1. The smallest absolute Gasteiger partial charge is 0.115 e. The number of benzene rings is 3. The molecule has 3 aromatic carbocycles. The first kappa shape index (κ1) is 16.7. The van der Waals surface area contributed by atoms with E-state index in [4.69, 9.17) is 0 Å². The van der Waals surface area contributed by atoms with Gasteiger partial charge in [-0.15, -0.1) is 0 Å². The summed E-state index contributed by atoms with van der Waals surface area (Å²) in [5, 5.41) is 6.22. The van der Waals surface area contributed by atoms with Crippen LogP contribution in [0.15, 0.2) is 66.7 Å². The molecule has 1 N–H and O–H groups in total. The second kappa shape index (κ2) is 8.07. The van der Waals surface area contributed by atoms with Gasteiger partial charge in [-0.25, -0.2) is 4.39 Å². The third-order valence-corrected chi connectivity index (χ3v) is 4.53. The zero-order chi connectivity index (χ0) is 16.8. The van der Waals surface area contributed by atoms with Crippen LogP contribution in [0.3, 0.4) is 0 Å². The summed E-state index contributed by atoms with van der Waals surface area (Å²) in [6.45, 7) is 2.78. The molecular weight excluding hydrogens is 297 g/mol. The van der Waals surface area contributed by atoms with Crippen molar-refractivity contribution < 1.29 is 4.39 Å². The minimum Gasteiger partial charge on any atom is -0.310 e. The van der Waals surface area contributed by atoms with Crippen molar-refractivity contribution in [1.82, 2.24) is 5.32 Å². The van der Waals surface area contributed by atoms with Gasteiger partial charge in [0.05, 0.1) is 0 Å². The van der Waals surface area contributed by atoms with Crippen LogP contribution in [-0.2, 0) is 13.1 Å². The first-order valence-corrected chi connectivity index (χ1v) is 8.63. The Labute approximate surface area is 143 Å². The van der Waals surface area contributed by atoms with E-state index in [0.717, 1.165) is 24.9 Å². The van der Waals surface area contributed by atoms with Crippen molar-refractivity contribution >= 4 is 10.8 Å². The van der Waals surface area contributed by atoms with Crippen LogP contribution in [0.1, 0.15) is 36.1 Å². The van der Waals surface area contributed by atoms with E-state index in [1.807, 2.05) is 18.2 Å². The molecule has 0 spiro atoms. The van der Waals surface area contributed by atoms with Crippen molar-refractivity contribution in [2.24, 2.45) is 0 Å². The average Bonchev–Trinajstić information content (AvgIpc) is 2.64. The fourth-order valence-electron chi connectivity index (χ4n) is 3.22. The maximum Gasteiger partial charge on any atom is 0.115 e. The summed E-state index contributed by atoms with van der Waals surface area (Å²) in [5.74, 6) is 0. The number of aryl methyl sites for hydroxylation is 1. The molecule has 0 aliphatic rings. The van der Waals surface area contributed by atoms with Crippen molar-refractivity contribution in [3.8, 4) is 0 Å². The number of rotatable bonds is 7. The van der Waals surface area contributed by atoms with Gasteiger partial charge in [0.15, 0.2) is 0 Å². The topological polar surface area (TPSA) is 12.0 Å². The highest BCUT2D eigenvalue weighted by atomic mass is 19.1. The third-order valence-electron chi connectivity index (χ3n) is 4.53. The van der Waals surface area contributed by atoms with Crippen LogP contribution in [0, 0.1) is 0 Å². The fourth-order valence-corrected chi connectivity index (χ4v) is 3.22. The predicted molar refractivity (Wildman–Crippen MR) is 99.9 cm³/mol. The molecule has 3 rings (SSSR count). The van der Waals surface area contributed by atoms with Gasteiger partial charge >= 0.3 is 0 Å². The third kappa shape index (κ3) is 4.01. The van der Waals surface area contributed by atoms with E-state index >= 15 is 0 Å². The monoisotopic (exact) mass is 321 g/mol. The van der Waals surface area contributed by atoms with Crippen LogP contribution in [0.2, 0.25) is 0 Å². The maximum absolute atomic E-state index is 12.7. The van der Waals surface area contributed by atoms with E-state index in [0.29, 0.717) is 6.04 Å². The molecule has 0 saturated carbocycles. The van der Waals surface area contributed by atoms with Gasteiger partial charge in [0.1, 0.15) is 6.67 Å². The minimum absolute atomic E-state index is 0.313. The molecule has 0 saturated heterocycles. The molecule has 0 fully saturated rings. The molecule has 24 heavy (non-hydrogen) atoms. The van der Waals surface area contributed by atoms with E-state index in [9.17, 15) is 4.39 Å². The van der Waals surface area contributed by atoms with E-state index < -0.39 is 0 Å².